The number of nitrogens with one attached hydrogen (secondary N) is 1. The van der Waals surface area contributed by atoms with E-state index in [0.29, 0.717) is 6.54 Å². The van der Waals surface area contributed by atoms with Crippen LogP contribution in [0, 0.1) is 0 Å². The second-order valence-electron chi connectivity index (χ2n) is 5.47. The van der Waals surface area contributed by atoms with Gasteiger partial charge in [-0.15, -0.1) is 0 Å². The van der Waals surface area contributed by atoms with Crippen LogP contribution in [-0.2, 0) is 0 Å². The molecule has 0 spiro atoms. The lowest BCUT2D eigenvalue weighted by molar-refractivity contribution is 0.336. The van der Waals surface area contributed by atoms with Crippen LogP contribution >= 0.6 is 0 Å². The van der Waals surface area contributed by atoms with Crippen LogP contribution in [-0.4, -0.2) is 44.2 Å². The third kappa shape index (κ3) is 3.39. The summed E-state index contributed by atoms with van der Waals surface area (Å²) in [6.45, 7) is 2.88. The third-order valence-electron chi connectivity index (χ3n) is 4.06. The Bertz CT molecular complexity index is 410. The minimum absolute atomic E-state index is 0.0145. The maximum absolute atomic E-state index is 6.07. The monoisotopic (exact) mass is 263 g/mol. The molecule has 3 N–H and O–H groups in total. The molecule has 1 atom stereocenters. The molecule has 1 aromatic rings. The maximum Gasteiger partial charge on any atom is 0.141 e. The van der Waals surface area contributed by atoms with Crippen molar-refractivity contribution in [2.75, 3.05) is 39.1 Å². The largest absolute Gasteiger partial charge is 0.495 e. The molecule has 0 aliphatic carbocycles. The number of methoxy groups -OCH3 is 1. The topological polar surface area (TPSA) is 50.5 Å². The summed E-state index contributed by atoms with van der Waals surface area (Å²) in [6.07, 6.45) is 3.35. The molecule has 0 radical (unpaired) electrons. The molecule has 1 aliphatic rings. The Kier molecular flexibility index (Phi) is 4.66. The van der Waals surface area contributed by atoms with Gasteiger partial charge in [0.25, 0.3) is 0 Å². The second-order valence-corrected chi connectivity index (χ2v) is 5.47. The minimum Gasteiger partial charge on any atom is -0.495 e. The molecule has 0 amide bonds. The van der Waals surface area contributed by atoms with Gasteiger partial charge in [-0.1, -0.05) is 12.1 Å². The highest BCUT2D eigenvalue weighted by atomic mass is 16.5. The van der Waals surface area contributed by atoms with Gasteiger partial charge in [-0.05, 0) is 45.0 Å². The Morgan fingerprint density at radius 1 is 1.32 bits per heavy atom. The van der Waals surface area contributed by atoms with Crippen LogP contribution in [0.1, 0.15) is 19.3 Å². The number of anilines is 1. The predicted molar refractivity (Wildman–Crippen MR) is 79.8 cm³/mol. The second kappa shape index (κ2) is 6.26. The fourth-order valence-corrected chi connectivity index (χ4v) is 2.74. The number of rotatable bonds is 4. The third-order valence-corrected chi connectivity index (χ3v) is 4.06. The molecule has 0 bridgehead atoms. The van der Waals surface area contributed by atoms with Gasteiger partial charge in [0.2, 0.25) is 0 Å². The summed E-state index contributed by atoms with van der Waals surface area (Å²) in [5.41, 5.74) is 7.10. The van der Waals surface area contributed by atoms with Crippen molar-refractivity contribution in [1.29, 1.82) is 0 Å². The van der Waals surface area contributed by atoms with Gasteiger partial charge < -0.3 is 20.7 Å². The van der Waals surface area contributed by atoms with E-state index in [0.717, 1.165) is 37.4 Å². The number of para-hydroxylation sites is 2. The lowest BCUT2D eigenvalue weighted by Gasteiger charge is -2.34. The van der Waals surface area contributed by atoms with Crippen LogP contribution in [0.2, 0.25) is 0 Å². The van der Waals surface area contributed by atoms with Gasteiger partial charge >= 0.3 is 0 Å². The molecule has 1 fully saturated rings. The number of nitrogens with two attached hydrogens (primary N) is 1. The fraction of sp³-hybridized carbons (Fsp3) is 0.600. The van der Waals surface area contributed by atoms with Gasteiger partial charge in [-0.3, -0.25) is 0 Å². The van der Waals surface area contributed by atoms with E-state index in [4.69, 9.17) is 10.5 Å². The molecule has 1 aliphatic heterocycles. The zero-order valence-electron chi connectivity index (χ0n) is 12.0. The van der Waals surface area contributed by atoms with E-state index in [1.807, 2.05) is 18.2 Å². The first-order valence-corrected chi connectivity index (χ1v) is 6.99. The van der Waals surface area contributed by atoms with Crippen LogP contribution in [0.3, 0.4) is 0 Å². The Hall–Kier alpha value is -1.26. The van der Waals surface area contributed by atoms with Gasteiger partial charge in [0.1, 0.15) is 5.75 Å². The smallest absolute Gasteiger partial charge is 0.141 e. The van der Waals surface area contributed by atoms with Crippen molar-refractivity contribution < 1.29 is 4.74 Å². The summed E-state index contributed by atoms with van der Waals surface area (Å²) in [6, 6.07) is 8.05. The quantitative estimate of drug-likeness (QED) is 0.871. The highest BCUT2D eigenvalue weighted by Crippen LogP contribution is 2.31. The Morgan fingerprint density at radius 2 is 2.11 bits per heavy atom. The molecule has 4 heteroatoms. The molecule has 0 aromatic heterocycles. The van der Waals surface area contributed by atoms with Crippen molar-refractivity contribution in [2.45, 2.75) is 24.8 Å². The number of hydrogen-bond acceptors (Lipinski definition) is 4. The van der Waals surface area contributed by atoms with Gasteiger partial charge in [0.05, 0.1) is 18.3 Å². The molecule has 1 aromatic carbocycles. The first kappa shape index (κ1) is 14.2. The van der Waals surface area contributed by atoms with Crippen molar-refractivity contribution in [3.05, 3.63) is 24.3 Å². The summed E-state index contributed by atoms with van der Waals surface area (Å²) < 4.78 is 5.42. The zero-order valence-corrected chi connectivity index (χ0v) is 12.0. The summed E-state index contributed by atoms with van der Waals surface area (Å²) in [7, 11) is 3.88. The summed E-state index contributed by atoms with van der Waals surface area (Å²) in [5.74, 6) is 0.882. The summed E-state index contributed by atoms with van der Waals surface area (Å²) >= 11 is 0. The van der Waals surface area contributed by atoms with E-state index >= 15 is 0 Å². The average Bonchev–Trinajstić information content (AvgIpc) is 2.62. The van der Waals surface area contributed by atoms with Crippen LogP contribution < -0.4 is 15.8 Å². The van der Waals surface area contributed by atoms with E-state index in [1.165, 1.54) is 6.42 Å². The van der Waals surface area contributed by atoms with Crippen LogP contribution in [0.4, 0.5) is 5.69 Å². The summed E-state index contributed by atoms with van der Waals surface area (Å²) in [4.78, 5) is 2.38. The zero-order chi connectivity index (χ0) is 13.7. The maximum atomic E-state index is 6.07. The standard InChI is InChI=1S/C15H25N3O/c1-18-10-5-8-15(12-16,9-11-18)17-13-6-3-4-7-14(13)19-2/h3-4,6-7,17H,5,8-12,16H2,1-2H3. The van der Waals surface area contributed by atoms with E-state index in [1.54, 1.807) is 7.11 Å². The molecule has 1 heterocycles. The van der Waals surface area contributed by atoms with Crippen molar-refractivity contribution >= 4 is 5.69 Å². The molecule has 19 heavy (non-hydrogen) atoms. The first-order valence-electron chi connectivity index (χ1n) is 6.99. The van der Waals surface area contributed by atoms with Crippen molar-refractivity contribution in [3.63, 3.8) is 0 Å². The number of ether oxygens (including phenoxy) is 1. The Morgan fingerprint density at radius 3 is 2.84 bits per heavy atom. The van der Waals surface area contributed by atoms with Crippen molar-refractivity contribution in [1.82, 2.24) is 4.90 Å². The lowest BCUT2D eigenvalue weighted by atomic mass is 9.90. The van der Waals surface area contributed by atoms with E-state index in [2.05, 4.69) is 23.3 Å². The van der Waals surface area contributed by atoms with E-state index in [9.17, 15) is 0 Å². The SMILES string of the molecule is COc1ccccc1NC1(CN)CCCN(C)CC1. The van der Waals surface area contributed by atoms with E-state index < -0.39 is 0 Å². The average molecular weight is 263 g/mol. The van der Waals surface area contributed by atoms with Gasteiger partial charge in [0, 0.05) is 13.1 Å². The molecule has 0 saturated carbocycles. The number of likely N-dealkylation sites (tertiary alicyclic amines) is 1. The minimum atomic E-state index is -0.0145. The fourth-order valence-electron chi connectivity index (χ4n) is 2.74. The van der Waals surface area contributed by atoms with Gasteiger partial charge in [0.15, 0.2) is 0 Å². The number of nitrogens with zero attached hydrogens (tertiary/aromatic N) is 1. The van der Waals surface area contributed by atoms with Crippen LogP contribution in [0.25, 0.3) is 0 Å². The highest BCUT2D eigenvalue weighted by molar-refractivity contribution is 5.57. The number of benzene rings is 1. The number of hydrogen-bond donors (Lipinski definition) is 2. The first-order chi connectivity index (χ1) is 9.19. The van der Waals surface area contributed by atoms with Crippen molar-refractivity contribution in [2.24, 2.45) is 5.73 Å². The van der Waals surface area contributed by atoms with Gasteiger partial charge in [-0.25, -0.2) is 0 Å². The Labute approximate surface area is 115 Å². The van der Waals surface area contributed by atoms with Crippen LogP contribution in [0.15, 0.2) is 24.3 Å². The molecule has 1 saturated heterocycles. The van der Waals surface area contributed by atoms with Crippen LogP contribution in [0.5, 0.6) is 5.75 Å². The highest BCUT2D eigenvalue weighted by Gasteiger charge is 2.31. The predicted octanol–water partition coefficient (Wildman–Crippen LogP) is 1.92. The molecule has 1 unspecified atom stereocenters. The molecule has 2 rings (SSSR count). The lowest BCUT2D eigenvalue weighted by Crippen LogP contribution is -2.46. The van der Waals surface area contributed by atoms with Gasteiger partial charge in [-0.2, -0.15) is 0 Å². The molecule has 106 valence electrons. The molecular formula is C15H25N3O. The Balaban J connectivity index is 2.17. The van der Waals surface area contributed by atoms with Crippen molar-refractivity contribution in [3.8, 4) is 5.75 Å². The summed E-state index contributed by atoms with van der Waals surface area (Å²) in [5, 5.41) is 3.65. The normalized spacial score (nSPS) is 24.8. The molecular weight excluding hydrogens is 238 g/mol. The molecule has 4 nitrogen and oxygen atoms in total. The van der Waals surface area contributed by atoms with E-state index in [-0.39, 0.29) is 5.54 Å².